The van der Waals surface area contributed by atoms with Crippen LogP contribution in [0.15, 0.2) is 30.3 Å². The maximum absolute atomic E-state index is 14.0. The van der Waals surface area contributed by atoms with Crippen molar-refractivity contribution in [2.75, 3.05) is 26.5 Å². The van der Waals surface area contributed by atoms with Crippen molar-refractivity contribution in [3.8, 4) is 11.5 Å². The molecule has 0 N–H and O–H groups in total. The van der Waals surface area contributed by atoms with Gasteiger partial charge in [-0.15, -0.1) is 11.8 Å². The molecule has 1 saturated heterocycles. The van der Waals surface area contributed by atoms with Crippen LogP contribution >= 0.6 is 11.8 Å². The summed E-state index contributed by atoms with van der Waals surface area (Å²) in [6.45, 7) is 0.362. The van der Waals surface area contributed by atoms with Gasteiger partial charge in [0.1, 0.15) is 5.37 Å². The number of rotatable bonds is 4. The lowest BCUT2D eigenvalue weighted by molar-refractivity contribution is 0.0754. The topological polar surface area (TPSA) is 38.8 Å². The molecule has 3 rings (SSSR count). The molecule has 0 aromatic heterocycles. The molecule has 1 heterocycles. The van der Waals surface area contributed by atoms with Gasteiger partial charge >= 0.3 is 0 Å². The lowest BCUT2D eigenvalue weighted by Gasteiger charge is -2.25. The van der Waals surface area contributed by atoms with Crippen LogP contribution in [0.5, 0.6) is 11.5 Å². The number of amides is 1. The third kappa shape index (κ3) is 3.21. The number of carbonyl (C=O) groups excluding carboxylic acids is 1. The van der Waals surface area contributed by atoms with E-state index in [1.807, 2.05) is 0 Å². The number of ether oxygens (including phenoxy) is 2. The van der Waals surface area contributed by atoms with Gasteiger partial charge in [0, 0.05) is 12.3 Å². The Morgan fingerprint density at radius 3 is 2.50 bits per heavy atom. The molecule has 138 valence electrons. The van der Waals surface area contributed by atoms with Crippen LogP contribution in [0.25, 0.3) is 0 Å². The van der Waals surface area contributed by atoms with Crippen molar-refractivity contribution in [3.05, 3.63) is 58.9 Å². The van der Waals surface area contributed by atoms with Crippen LogP contribution in [0.4, 0.5) is 13.2 Å². The number of hydrogen-bond acceptors (Lipinski definition) is 4. The number of nitrogens with zero attached hydrogens (tertiary/aromatic N) is 1. The summed E-state index contributed by atoms with van der Waals surface area (Å²) < 4.78 is 51.1. The van der Waals surface area contributed by atoms with Crippen LogP contribution in [-0.2, 0) is 0 Å². The molecule has 1 fully saturated rings. The van der Waals surface area contributed by atoms with Crippen molar-refractivity contribution in [1.82, 2.24) is 4.90 Å². The highest BCUT2D eigenvalue weighted by atomic mass is 32.2. The zero-order valence-corrected chi connectivity index (χ0v) is 14.9. The second-order valence-corrected chi connectivity index (χ2v) is 6.75. The van der Waals surface area contributed by atoms with E-state index in [-0.39, 0.29) is 0 Å². The fraction of sp³-hybridized carbons (Fsp3) is 0.278. The minimum Gasteiger partial charge on any atom is -0.493 e. The van der Waals surface area contributed by atoms with Crippen molar-refractivity contribution >= 4 is 17.7 Å². The summed E-state index contributed by atoms with van der Waals surface area (Å²) in [7, 11) is 3.02. The van der Waals surface area contributed by atoms with E-state index in [0.29, 0.717) is 23.8 Å². The summed E-state index contributed by atoms with van der Waals surface area (Å²) in [4.78, 5) is 14.2. The van der Waals surface area contributed by atoms with Crippen molar-refractivity contribution in [2.45, 2.75) is 5.37 Å². The standard InChI is InChI=1S/C18H16F3NO3S/c1-24-13-6-3-10(9-14(13)25-2)18-22(7-8-26-18)17(23)11-4-5-12(19)16(21)15(11)20/h3-6,9,18H,7-8H2,1-2H3. The average Bonchev–Trinajstić information content (AvgIpc) is 3.15. The Hall–Kier alpha value is -2.35. The van der Waals surface area contributed by atoms with Crippen LogP contribution in [0.2, 0.25) is 0 Å². The van der Waals surface area contributed by atoms with Crippen LogP contribution < -0.4 is 9.47 Å². The predicted octanol–water partition coefficient (Wildman–Crippen LogP) is 4.01. The summed E-state index contributed by atoms with van der Waals surface area (Å²) >= 11 is 1.49. The van der Waals surface area contributed by atoms with Gasteiger partial charge in [-0.3, -0.25) is 4.79 Å². The predicted molar refractivity (Wildman–Crippen MR) is 92.1 cm³/mol. The maximum atomic E-state index is 14.0. The maximum Gasteiger partial charge on any atom is 0.258 e. The van der Waals surface area contributed by atoms with Crippen molar-refractivity contribution in [3.63, 3.8) is 0 Å². The zero-order valence-electron chi connectivity index (χ0n) is 14.1. The highest BCUT2D eigenvalue weighted by molar-refractivity contribution is 7.99. The first-order valence-electron chi connectivity index (χ1n) is 7.76. The Bertz CT molecular complexity index is 847. The molecule has 2 aromatic rings. The van der Waals surface area contributed by atoms with Crippen LogP contribution in [0.1, 0.15) is 21.3 Å². The summed E-state index contributed by atoms with van der Waals surface area (Å²) in [6, 6.07) is 6.95. The molecule has 0 radical (unpaired) electrons. The molecule has 2 aromatic carbocycles. The molecule has 8 heteroatoms. The first-order chi connectivity index (χ1) is 12.5. The van der Waals surface area contributed by atoms with Gasteiger partial charge in [0.05, 0.1) is 19.8 Å². The van der Waals surface area contributed by atoms with E-state index in [2.05, 4.69) is 0 Å². The second kappa shape index (κ2) is 7.49. The van der Waals surface area contributed by atoms with Crippen molar-refractivity contribution in [2.24, 2.45) is 0 Å². The fourth-order valence-electron chi connectivity index (χ4n) is 2.81. The number of thioether (sulfide) groups is 1. The minimum atomic E-state index is -1.65. The normalized spacial score (nSPS) is 16.7. The molecule has 1 aliphatic rings. The van der Waals surface area contributed by atoms with Gasteiger partial charge in [0.25, 0.3) is 5.91 Å². The highest BCUT2D eigenvalue weighted by Gasteiger charge is 2.34. The third-order valence-electron chi connectivity index (χ3n) is 4.11. The first kappa shape index (κ1) is 18.4. The zero-order chi connectivity index (χ0) is 18.8. The van der Waals surface area contributed by atoms with Gasteiger partial charge in [0.15, 0.2) is 29.0 Å². The van der Waals surface area contributed by atoms with Gasteiger partial charge in [-0.1, -0.05) is 6.07 Å². The van der Waals surface area contributed by atoms with Gasteiger partial charge in [-0.25, -0.2) is 13.2 Å². The van der Waals surface area contributed by atoms with Gasteiger partial charge in [-0.2, -0.15) is 0 Å². The lowest BCUT2D eigenvalue weighted by Crippen LogP contribution is -2.31. The Balaban J connectivity index is 1.94. The number of carbonyl (C=O) groups is 1. The summed E-state index contributed by atoms with van der Waals surface area (Å²) in [5.74, 6) is -3.45. The second-order valence-electron chi connectivity index (χ2n) is 5.56. The van der Waals surface area contributed by atoms with Crippen molar-refractivity contribution in [1.29, 1.82) is 0 Å². The Morgan fingerprint density at radius 2 is 1.81 bits per heavy atom. The van der Waals surface area contributed by atoms with E-state index in [4.69, 9.17) is 9.47 Å². The molecule has 1 aliphatic heterocycles. The average molecular weight is 383 g/mol. The molecule has 0 spiro atoms. The molecule has 1 amide bonds. The molecule has 26 heavy (non-hydrogen) atoms. The molecule has 4 nitrogen and oxygen atoms in total. The number of benzene rings is 2. The van der Waals surface area contributed by atoms with Crippen LogP contribution in [-0.4, -0.2) is 37.3 Å². The van der Waals surface area contributed by atoms with E-state index in [9.17, 15) is 18.0 Å². The van der Waals surface area contributed by atoms with E-state index >= 15 is 0 Å². The monoisotopic (exact) mass is 383 g/mol. The van der Waals surface area contributed by atoms with E-state index in [1.165, 1.54) is 30.9 Å². The molecule has 1 unspecified atom stereocenters. The summed E-state index contributed by atoms with van der Waals surface area (Å²) in [6.07, 6.45) is 0. The molecule has 0 bridgehead atoms. The van der Waals surface area contributed by atoms with Gasteiger partial charge < -0.3 is 14.4 Å². The van der Waals surface area contributed by atoms with E-state index in [0.717, 1.165) is 17.7 Å². The molecule has 1 atom stereocenters. The fourth-order valence-corrected chi connectivity index (χ4v) is 4.05. The van der Waals surface area contributed by atoms with E-state index < -0.39 is 34.3 Å². The van der Waals surface area contributed by atoms with Crippen LogP contribution in [0.3, 0.4) is 0 Å². The lowest BCUT2D eigenvalue weighted by atomic mass is 10.1. The molecule has 0 aliphatic carbocycles. The summed E-state index contributed by atoms with van der Waals surface area (Å²) in [5.41, 5.74) is 0.276. The largest absolute Gasteiger partial charge is 0.493 e. The molecular formula is C18H16F3NO3S. The Morgan fingerprint density at radius 1 is 1.08 bits per heavy atom. The minimum absolute atomic E-state index is 0.362. The number of methoxy groups -OCH3 is 2. The highest BCUT2D eigenvalue weighted by Crippen LogP contribution is 2.41. The summed E-state index contributed by atoms with van der Waals surface area (Å²) in [5, 5.41) is -0.394. The third-order valence-corrected chi connectivity index (χ3v) is 5.37. The Kier molecular flexibility index (Phi) is 5.31. The number of halogens is 3. The Labute approximate surface area is 152 Å². The number of hydrogen-bond donors (Lipinski definition) is 0. The quantitative estimate of drug-likeness (QED) is 0.748. The van der Waals surface area contributed by atoms with Crippen LogP contribution in [0, 0.1) is 17.5 Å². The smallest absolute Gasteiger partial charge is 0.258 e. The van der Waals surface area contributed by atoms with Gasteiger partial charge in [-0.05, 0) is 29.8 Å². The SMILES string of the molecule is COc1ccc(C2SCCN2C(=O)c2ccc(F)c(F)c2F)cc1OC. The first-order valence-corrected chi connectivity index (χ1v) is 8.80. The molecule has 0 saturated carbocycles. The molecular weight excluding hydrogens is 367 g/mol. The van der Waals surface area contributed by atoms with Gasteiger partial charge in [0.2, 0.25) is 0 Å². The van der Waals surface area contributed by atoms with E-state index in [1.54, 1.807) is 18.2 Å². The van der Waals surface area contributed by atoms with Crippen molar-refractivity contribution < 1.29 is 27.4 Å².